The first-order valence-corrected chi connectivity index (χ1v) is 12.1. The van der Waals surface area contributed by atoms with Crippen LogP contribution in [0.2, 0.25) is 0 Å². The molecule has 0 radical (unpaired) electrons. The molecule has 1 aliphatic heterocycles. The van der Waals surface area contributed by atoms with Crippen molar-refractivity contribution in [2.45, 2.75) is 65.0 Å². The Kier molecular flexibility index (Phi) is 8.19. The zero-order valence-electron chi connectivity index (χ0n) is 18.3. The van der Waals surface area contributed by atoms with E-state index in [0.29, 0.717) is 6.54 Å². The van der Waals surface area contributed by atoms with E-state index in [1.165, 1.54) is 12.1 Å². The molecule has 1 aromatic rings. The summed E-state index contributed by atoms with van der Waals surface area (Å²) in [6.45, 7) is 13.6. The van der Waals surface area contributed by atoms with Gasteiger partial charge in [-0.05, 0) is 76.1 Å². The maximum Gasteiger partial charge on any atom is 0.216 e. The van der Waals surface area contributed by atoms with E-state index in [4.69, 9.17) is 0 Å². The highest BCUT2D eigenvalue weighted by atomic mass is 32.2. The molecule has 1 unspecified atom stereocenters. The molecular formula is C22H39N3O2S. The van der Waals surface area contributed by atoms with Gasteiger partial charge in [0.25, 0.3) is 0 Å². The topological polar surface area (TPSA) is 61.4 Å². The number of nitrogens with zero attached hydrogens (tertiary/aromatic N) is 1. The third kappa shape index (κ3) is 6.96. The monoisotopic (exact) mass is 409 g/mol. The van der Waals surface area contributed by atoms with Gasteiger partial charge in [-0.15, -0.1) is 0 Å². The Morgan fingerprint density at radius 2 is 1.54 bits per heavy atom. The number of hydrogen-bond donors (Lipinski definition) is 2. The van der Waals surface area contributed by atoms with E-state index in [-0.39, 0.29) is 0 Å². The molecule has 2 N–H and O–H groups in total. The van der Waals surface area contributed by atoms with Crippen molar-refractivity contribution in [2.24, 2.45) is 11.8 Å². The fraction of sp³-hybridized carbons (Fsp3) is 0.727. The highest BCUT2D eigenvalue weighted by Gasteiger charge is 2.27. The van der Waals surface area contributed by atoms with Crippen molar-refractivity contribution < 1.29 is 8.42 Å². The lowest BCUT2D eigenvalue weighted by Gasteiger charge is -2.36. The van der Waals surface area contributed by atoms with Gasteiger partial charge in [-0.25, -0.2) is 13.1 Å². The average molecular weight is 410 g/mol. The maximum atomic E-state index is 12.0. The van der Waals surface area contributed by atoms with E-state index in [9.17, 15) is 8.42 Å². The summed E-state index contributed by atoms with van der Waals surface area (Å²) in [4.78, 5) is 2.50. The van der Waals surface area contributed by atoms with Gasteiger partial charge in [0.05, 0.1) is 4.75 Å². The Hall–Kier alpha value is -1.27. The number of sulfonamides is 1. The fourth-order valence-corrected chi connectivity index (χ4v) is 4.59. The Labute approximate surface area is 172 Å². The van der Waals surface area contributed by atoms with Gasteiger partial charge in [-0.1, -0.05) is 20.3 Å². The van der Waals surface area contributed by atoms with Crippen LogP contribution in [0.15, 0.2) is 24.3 Å². The third-order valence-corrected chi connectivity index (χ3v) is 7.58. The minimum atomic E-state index is -3.22. The molecule has 0 spiro atoms. The molecule has 0 bridgehead atoms. The van der Waals surface area contributed by atoms with E-state index in [1.54, 1.807) is 20.8 Å². The van der Waals surface area contributed by atoms with Gasteiger partial charge in [0.15, 0.2) is 0 Å². The average Bonchev–Trinajstić information content (AvgIpc) is 2.59. The molecule has 1 aliphatic rings. The molecule has 1 fully saturated rings. The van der Waals surface area contributed by atoms with Crippen molar-refractivity contribution in [3.8, 4) is 0 Å². The van der Waals surface area contributed by atoms with Crippen LogP contribution < -0.4 is 14.9 Å². The minimum Gasteiger partial charge on any atom is -0.385 e. The molecule has 5 nitrogen and oxygen atoms in total. The van der Waals surface area contributed by atoms with E-state index in [2.05, 4.69) is 53.1 Å². The molecule has 0 amide bonds. The largest absolute Gasteiger partial charge is 0.385 e. The van der Waals surface area contributed by atoms with Crippen LogP contribution in [-0.4, -0.2) is 39.3 Å². The lowest BCUT2D eigenvalue weighted by Crippen LogP contribution is -2.39. The van der Waals surface area contributed by atoms with E-state index in [0.717, 1.165) is 56.4 Å². The number of unbranched alkanes of at least 4 members (excludes halogenated alkanes) is 2. The molecule has 1 aromatic carbocycles. The molecule has 0 aliphatic carbocycles. The van der Waals surface area contributed by atoms with Gasteiger partial charge < -0.3 is 10.2 Å². The van der Waals surface area contributed by atoms with Crippen LogP contribution in [0.3, 0.4) is 0 Å². The summed E-state index contributed by atoms with van der Waals surface area (Å²) in [7, 11) is -3.22. The van der Waals surface area contributed by atoms with Crippen molar-refractivity contribution in [1.82, 2.24) is 4.72 Å². The maximum absolute atomic E-state index is 12.0. The number of hydrogen-bond acceptors (Lipinski definition) is 4. The first-order valence-electron chi connectivity index (χ1n) is 10.7. The molecule has 2 rings (SSSR count). The Bertz CT molecular complexity index is 685. The molecule has 6 heteroatoms. The quantitative estimate of drug-likeness (QED) is 0.591. The predicted octanol–water partition coefficient (Wildman–Crippen LogP) is 4.47. The second kappa shape index (κ2) is 9.97. The van der Waals surface area contributed by atoms with E-state index >= 15 is 0 Å². The van der Waals surface area contributed by atoms with Crippen LogP contribution in [0.5, 0.6) is 0 Å². The molecular weight excluding hydrogens is 370 g/mol. The van der Waals surface area contributed by atoms with E-state index < -0.39 is 14.8 Å². The molecule has 1 heterocycles. The fourth-order valence-electron chi connectivity index (χ4n) is 3.75. The molecule has 0 aromatic heterocycles. The Balaban J connectivity index is 1.65. The number of benzene rings is 1. The van der Waals surface area contributed by atoms with Crippen molar-refractivity contribution in [3.63, 3.8) is 0 Å². The van der Waals surface area contributed by atoms with Gasteiger partial charge in [0, 0.05) is 37.6 Å². The van der Waals surface area contributed by atoms with E-state index in [1.807, 2.05) is 0 Å². The zero-order valence-corrected chi connectivity index (χ0v) is 19.1. The van der Waals surface area contributed by atoms with Crippen LogP contribution in [0.4, 0.5) is 11.4 Å². The lowest BCUT2D eigenvalue weighted by molar-refractivity contribution is 0.357. The van der Waals surface area contributed by atoms with Crippen LogP contribution in [0.25, 0.3) is 0 Å². The second-order valence-corrected chi connectivity index (χ2v) is 11.9. The summed E-state index contributed by atoms with van der Waals surface area (Å²) in [6.07, 6.45) is 4.22. The predicted molar refractivity (Wildman–Crippen MR) is 121 cm³/mol. The zero-order chi connectivity index (χ0) is 20.8. The number of piperidine rings is 1. The summed E-state index contributed by atoms with van der Waals surface area (Å²) in [6, 6.07) is 8.76. The summed E-state index contributed by atoms with van der Waals surface area (Å²) < 4.78 is 25.9. The highest BCUT2D eigenvalue weighted by Crippen LogP contribution is 2.27. The van der Waals surface area contributed by atoms with Gasteiger partial charge in [-0.3, -0.25) is 0 Å². The van der Waals surface area contributed by atoms with Gasteiger partial charge in [0.2, 0.25) is 10.0 Å². The number of nitrogens with one attached hydrogen (secondary N) is 2. The van der Waals surface area contributed by atoms with Gasteiger partial charge >= 0.3 is 0 Å². The van der Waals surface area contributed by atoms with Gasteiger partial charge in [0.1, 0.15) is 0 Å². The highest BCUT2D eigenvalue weighted by molar-refractivity contribution is 7.90. The molecule has 160 valence electrons. The summed E-state index contributed by atoms with van der Waals surface area (Å²) in [5.74, 6) is 1.52. The van der Waals surface area contributed by atoms with Crippen molar-refractivity contribution in [1.29, 1.82) is 0 Å². The van der Waals surface area contributed by atoms with Crippen molar-refractivity contribution in [2.75, 3.05) is 36.4 Å². The normalized spacial score (nSPS) is 21.0. The Morgan fingerprint density at radius 1 is 0.964 bits per heavy atom. The lowest BCUT2D eigenvalue weighted by atomic mass is 9.91. The molecule has 0 saturated carbocycles. The van der Waals surface area contributed by atoms with Crippen molar-refractivity contribution in [3.05, 3.63) is 24.3 Å². The minimum absolute atomic E-state index is 0.515. The summed E-state index contributed by atoms with van der Waals surface area (Å²) in [5.41, 5.74) is 2.46. The van der Waals surface area contributed by atoms with Crippen LogP contribution in [0.1, 0.15) is 60.3 Å². The standard InChI is InChI=1S/C22H39N3O2S/c1-18-15-19(2)17-25(16-18)21-11-9-20(10-12-21)23-13-7-6-8-14-24-28(26,27)22(3,4)5/h9-12,18-19,23-24H,6-8,13-17H2,1-5H3/t18-,19?/m1/s1. The molecule has 2 atom stereocenters. The smallest absolute Gasteiger partial charge is 0.216 e. The Morgan fingerprint density at radius 3 is 2.11 bits per heavy atom. The number of anilines is 2. The summed E-state index contributed by atoms with van der Waals surface area (Å²) >= 11 is 0. The SMILES string of the molecule is CC1C[C@@H](C)CN(c2ccc(NCCCCCNS(=O)(=O)C(C)(C)C)cc2)C1. The van der Waals surface area contributed by atoms with Crippen LogP contribution in [0, 0.1) is 11.8 Å². The van der Waals surface area contributed by atoms with Crippen LogP contribution >= 0.6 is 0 Å². The van der Waals surface area contributed by atoms with Crippen molar-refractivity contribution >= 4 is 21.4 Å². The number of rotatable bonds is 9. The second-order valence-electron chi connectivity index (χ2n) is 9.40. The molecule has 1 saturated heterocycles. The first kappa shape index (κ1) is 23.0. The third-order valence-electron chi connectivity index (χ3n) is 5.38. The molecule has 28 heavy (non-hydrogen) atoms. The van der Waals surface area contributed by atoms with Crippen LogP contribution in [-0.2, 0) is 10.0 Å². The summed E-state index contributed by atoms with van der Waals surface area (Å²) in [5, 5.41) is 3.47. The van der Waals surface area contributed by atoms with Gasteiger partial charge in [-0.2, -0.15) is 0 Å². The first-order chi connectivity index (χ1) is 13.1.